The Bertz CT molecular complexity index is 1240. The molecule has 0 amide bonds. The number of Topliss-reactive ketones (excluding diaryl/α,β-unsaturated/α-hetero) is 1. The molecule has 1 aliphatic heterocycles. The normalized spacial score (nSPS) is 18.7. The first kappa shape index (κ1) is 24.3. The van der Waals surface area contributed by atoms with E-state index < -0.39 is 5.92 Å². The van der Waals surface area contributed by atoms with Gasteiger partial charge in [0.25, 0.3) is 5.56 Å². The van der Waals surface area contributed by atoms with Gasteiger partial charge in [-0.15, -0.1) is 0 Å². The fraction of sp³-hybridized carbons (Fsp3) is 0.500. The zero-order valence-corrected chi connectivity index (χ0v) is 21.1. The molecule has 1 aromatic carbocycles. The van der Waals surface area contributed by atoms with Crippen LogP contribution in [0.2, 0.25) is 0 Å². The van der Waals surface area contributed by atoms with Gasteiger partial charge in [-0.2, -0.15) is 0 Å². The molecule has 2 heterocycles. The molecule has 1 atom stereocenters. The molecule has 0 radical (unpaired) electrons. The van der Waals surface area contributed by atoms with Gasteiger partial charge < -0.3 is 19.8 Å². The van der Waals surface area contributed by atoms with Crippen LogP contribution in [0, 0.1) is 10.2 Å². The lowest BCUT2D eigenvalue weighted by Gasteiger charge is -2.38. The Balaban J connectivity index is 1.77. The minimum absolute atomic E-state index is 0.0477. The number of H-pyrrole nitrogens is 2. The Morgan fingerprint density at radius 1 is 1.09 bits per heavy atom. The van der Waals surface area contributed by atoms with E-state index in [9.17, 15) is 9.59 Å². The number of aromatic nitrogens is 2. The largest absolute Gasteiger partial charge is 0.493 e. The number of fused-ring (bicyclic) bond motifs is 1. The van der Waals surface area contributed by atoms with Gasteiger partial charge in [0.2, 0.25) is 0 Å². The quantitative estimate of drug-likeness (QED) is 0.334. The first-order valence-electron chi connectivity index (χ1n) is 11.9. The fourth-order valence-electron chi connectivity index (χ4n) is 4.97. The fourth-order valence-corrected chi connectivity index (χ4v) is 5.17. The van der Waals surface area contributed by atoms with E-state index in [4.69, 9.17) is 21.7 Å². The lowest BCUT2D eigenvalue weighted by Crippen LogP contribution is -2.36. The number of hydrogen-bond donors (Lipinski definition) is 3. The van der Waals surface area contributed by atoms with E-state index in [1.807, 2.05) is 18.2 Å². The van der Waals surface area contributed by atoms with Crippen molar-refractivity contribution in [2.24, 2.45) is 5.41 Å². The molecular weight excluding hydrogens is 450 g/mol. The monoisotopic (exact) mass is 483 g/mol. The van der Waals surface area contributed by atoms with Gasteiger partial charge in [0.1, 0.15) is 5.82 Å². The summed E-state index contributed by atoms with van der Waals surface area (Å²) >= 11 is 5.21. The molecule has 1 aliphatic carbocycles. The molecule has 3 N–H and O–H groups in total. The summed E-state index contributed by atoms with van der Waals surface area (Å²) in [6, 6.07) is 5.66. The van der Waals surface area contributed by atoms with E-state index in [0.717, 1.165) is 24.1 Å². The summed E-state index contributed by atoms with van der Waals surface area (Å²) in [6.45, 7) is 6.96. The van der Waals surface area contributed by atoms with Crippen molar-refractivity contribution >= 4 is 23.8 Å². The molecular formula is C26H33N3O4S. The van der Waals surface area contributed by atoms with Crippen LogP contribution in [-0.4, -0.2) is 29.5 Å². The third kappa shape index (κ3) is 4.82. The van der Waals surface area contributed by atoms with Gasteiger partial charge in [0.15, 0.2) is 22.1 Å². The van der Waals surface area contributed by atoms with Gasteiger partial charge in [-0.1, -0.05) is 46.1 Å². The van der Waals surface area contributed by atoms with Crippen molar-refractivity contribution in [3.63, 3.8) is 0 Å². The van der Waals surface area contributed by atoms with Crippen molar-refractivity contribution in [2.45, 2.75) is 65.2 Å². The van der Waals surface area contributed by atoms with E-state index >= 15 is 0 Å². The van der Waals surface area contributed by atoms with Crippen LogP contribution in [0.4, 0.5) is 5.82 Å². The molecule has 0 bridgehead atoms. The van der Waals surface area contributed by atoms with Crippen molar-refractivity contribution in [2.75, 3.05) is 19.0 Å². The lowest BCUT2D eigenvalue weighted by atomic mass is 9.69. The Labute approximate surface area is 205 Å². The molecule has 0 unspecified atom stereocenters. The van der Waals surface area contributed by atoms with Gasteiger partial charge in [-0.25, -0.2) is 0 Å². The smallest absolute Gasteiger partial charge is 0.257 e. The highest BCUT2D eigenvalue weighted by molar-refractivity contribution is 7.71. The van der Waals surface area contributed by atoms with Crippen LogP contribution in [0.1, 0.15) is 76.3 Å². The SMILES string of the molecule is CCCCCCOc1ccc([C@@H]2C3=C(CC(C)(C)CC3=O)Nc3[nH]c(=S)[nH]c(=O)c32)cc1OC. The topological polar surface area (TPSA) is 96.2 Å². The average molecular weight is 484 g/mol. The Hall–Kier alpha value is -2.87. The molecule has 0 fully saturated rings. The molecule has 4 rings (SSSR count). The second kappa shape index (κ2) is 9.78. The summed E-state index contributed by atoms with van der Waals surface area (Å²) in [5.74, 6) is 1.30. The molecule has 34 heavy (non-hydrogen) atoms. The van der Waals surface area contributed by atoms with Gasteiger partial charge in [0.05, 0.1) is 19.3 Å². The molecule has 7 nitrogen and oxygen atoms in total. The first-order valence-corrected chi connectivity index (χ1v) is 12.4. The second-order valence-electron chi connectivity index (χ2n) is 9.91. The van der Waals surface area contributed by atoms with Gasteiger partial charge >= 0.3 is 0 Å². The zero-order chi connectivity index (χ0) is 24.5. The van der Waals surface area contributed by atoms with Crippen molar-refractivity contribution < 1.29 is 14.3 Å². The first-order chi connectivity index (χ1) is 16.2. The number of anilines is 1. The number of ether oxygens (including phenoxy) is 2. The molecule has 2 aromatic rings. The Kier molecular flexibility index (Phi) is 6.98. The third-order valence-electron chi connectivity index (χ3n) is 6.53. The van der Waals surface area contributed by atoms with E-state index in [2.05, 4.69) is 36.1 Å². The maximum atomic E-state index is 13.4. The summed E-state index contributed by atoms with van der Waals surface area (Å²) in [7, 11) is 1.60. The molecule has 1 aromatic heterocycles. The third-order valence-corrected chi connectivity index (χ3v) is 6.73. The highest BCUT2D eigenvalue weighted by atomic mass is 32.1. The van der Waals surface area contributed by atoms with Crippen LogP contribution in [-0.2, 0) is 4.79 Å². The summed E-state index contributed by atoms with van der Waals surface area (Å²) in [5, 5.41) is 3.31. The Morgan fingerprint density at radius 2 is 1.88 bits per heavy atom. The molecule has 2 aliphatic rings. The zero-order valence-electron chi connectivity index (χ0n) is 20.3. The predicted octanol–water partition coefficient (Wildman–Crippen LogP) is 5.60. The van der Waals surface area contributed by atoms with Gasteiger partial charge in [-0.05, 0) is 48.2 Å². The van der Waals surface area contributed by atoms with E-state index in [1.165, 1.54) is 12.8 Å². The van der Waals surface area contributed by atoms with Gasteiger partial charge in [-0.3, -0.25) is 14.6 Å². The maximum Gasteiger partial charge on any atom is 0.257 e. The number of hydrogen-bond acceptors (Lipinski definition) is 6. The number of ketones is 1. The number of unbranched alkanes of at least 4 members (excludes halogenated alkanes) is 3. The van der Waals surface area contributed by atoms with Crippen LogP contribution < -0.4 is 20.3 Å². The number of nitrogens with one attached hydrogen (secondary N) is 3. The lowest BCUT2D eigenvalue weighted by molar-refractivity contribution is -0.118. The number of carbonyl (C=O) groups is 1. The number of carbonyl (C=O) groups excluding carboxylic acids is 1. The average Bonchev–Trinajstić information content (AvgIpc) is 2.76. The number of rotatable bonds is 8. The summed E-state index contributed by atoms with van der Waals surface area (Å²) in [5.41, 5.74) is 2.25. The van der Waals surface area contributed by atoms with E-state index in [0.29, 0.717) is 47.9 Å². The Morgan fingerprint density at radius 3 is 2.62 bits per heavy atom. The molecule has 182 valence electrons. The number of aromatic amines is 2. The van der Waals surface area contributed by atoms with Crippen molar-refractivity contribution in [1.82, 2.24) is 9.97 Å². The van der Waals surface area contributed by atoms with Crippen molar-refractivity contribution in [1.29, 1.82) is 0 Å². The molecule has 0 saturated heterocycles. The predicted molar refractivity (Wildman–Crippen MR) is 135 cm³/mol. The molecule has 8 heteroatoms. The van der Waals surface area contributed by atoms with E-state index in [-0.39, 0.29) is 21.5 Å². The summed E-state index contributed by atoms with van der Waals surface area (Å²) < 4.78 is 11.9. The van der Waals surface area contributed by atoms with Crippen molar-refractivity contribution in [3.05, 3.63) is 55.7 Å². The maximum absolute atomic E-state index is 13.4. The standard InChI is InChI=1S/C26H33N3O4S/c1-5-6-7-8-11-33-18-10-9-15(12-19(18)32-4)20-21-16(13-26(2,3)14-17(21)30)27-23-22(20)24(31)29-25(34)28-23/h9-10,12,20H,5-8,11,13-14H2,1-4H3,(H3,27,28,29,31,34)/t20-/m1/s1. The van der Waals surface area contributed by atoms with Crippen molar-refractivity contribution in [3.8, 4) is 11.5 Å². The number of allylic oxidation sites excluding steroid dienone is 2. The highest BCUT2D eigenvalue weighted by Gasteiger charge is 2.42. The minimum atomic E-state index is -0.530. The van der Waals surface area contributed by atoms with Crippen LogP contribution in [0.15, 0.2) is 34.3 Å². The number of benzene rings is 1. The van der Waals surface area contributed by atoms with Crippen LogP contribution >= 0.6 is 12.2 Å². The van der Waals surface area contributed by atoms with Crippen LogP contribution in [0.5, 0.6) is 11.5 Å². The van der Waals surface area contributed by atoms with E-state index in [1.54, 1.807) is 7.11 Å². The summed E-state index contributed by atoms with van der Waals surface area (Å²) in [6.07, 6.45) is 5.60. The van der Waals surface area contributed by atoms with Gasteiger partial charge in [0, 0.05) is 23.6 Å². The minimum Gasteiger partial charge on any atom is -0.493 e. The van der Waals surface area contributed by atoms with Crippen LogP contribution in [0.25, 0.3) is 0 Å². The molecule has 0 saturated carbocycles. The van der Waals surface area contributed by atoms with Crippen LogP contribution in [0.3, 0.4) is 0 Å². The molecule has 0 spiro atoms. The number of methoxy groups -OCH3 is 1. The highest BCUT2D eigenvalue weighted by Crippen LogP contribution is 2.48. The second-order valence-corrected chi connectivity index (χ2v) is 10.3. The summed E-state index contributed by atoms with van der Waals surface area (Å²) in [4.78, 5) is 32.2.